The van der Waals surface area contributed by atoms with Crippen LogP contribution in [0.25, 0.3) is 0 Å². The lowest BCUT2D eigenvalue weighted by molar-refractivity contribution is -0.862. The Kier molecular flexibility index (Phi) is 9.70. The first kappa shape index (κ1) is 23.7. The summed E-state index contributed by atoms with van der Waals surface area (Å²) < 4.78 is 5.59. The average molecular weight is 375 g/mol. The predicted octanol–water partition coefficient (Wildman–Crippen LogP) is -0.288. The van der Waals surface area contributed by atoms with E-state index in [0.717, 1.165) is 0 Å². The van der Waals surface area contributed by atoms with E-state index in [2.05, 4.69) is 11.6 Å². The number of rotatable bonds is 10. The van der Waals surface area contributed by atoms with Gasteiger partial charge in [-0.15, -0.1) is 6.58 Å². The molecule has 1 heterocycles. The minimum absolute atomic E-state index is 0.00523. The van der Waals surface area contributed by atoms with Crippen molar-refractivity contribution in [1.29, 1.82) is 0 Å². The van der Waals surface area contributed by atoms with Gasteiger partial charge in [-0.3, -0.25) is 0 Å². The molecule has 1 aliphatic rings. The number of aliphatic imine (C=N–C) groups is 1. The summed E-state index contributed by atoms with van der Waals surface area (Å²) in [6.07, 6.45) is 2.12. The van der Waals surface area contributed by atoms with Crippen LogP contribution in [0.1, 0.15) is 6.42 Å². The molecule has 1 atom stereocenters. The zero-order valence-corrected chi connectivity index (χ0v) is 15.6. The van der Waals surface area contributed by atoms with Gasteiger partial charge in [-0.2, -0.15) is 0 Å². The third kappa shape index (κ3) is 9.87. The molecule has 0 radical (unpaired) electrons. The summed E-state index contributed by atoms with van der Waals surface area (Å²) in [5, 5.41) is 25.7. The van der Waals surface area contributed by atoms with E-state index in [-0.39, 0.29) is 24.3 Å². The number of nitrogens with zero attached hydrogens (tertiary/aromatic N) is 3. The Morgan fingerprint density at radius 1 is 1.19 bits per heavy atom. The summed E-state index contributed by atoms with van der Waals surface area (Å²) >= 11 is 0. The standard InChI is InChI=1S/C11H16N2O5.C5H11NO2/c1-2-3-9-12-4-5-13(9,6-10(14)15)8-18-7-11(16)17;1-6(2,3)4-5(7)8/h2H,1,3-8H2,(H-,14,15,16,17);4H2,1-3H3/p+2. The molecule has 0 bridgehead atoms. The molecular weight excluding hydrogens is 346 g/mol. The number of quaternary nitrogens is 2. The second-order valence-corrected chi connectivity index (χ2v) is 6.92. The highest BCUT2D eigenvalue weighted by Crippen LogP contribution is 2.18. The molecule has 0 spiro atoms. The Labute approximate surface area is 152 Å². The van der Waals surface area contributed by atoms with Crippen LogP contribution in [-0.4, -0.2) is 109 Å². The van der Waals surface area contributed by atoms with Crippen LogP contribution in [0.15, 0.2) is 17.6 Å². The van der Waals surface area contributed by atoms with Gasteiger partial charge in [0.15, 0.2) is 26.4 Å². The highest BCUT2D eigenvalue weighted by molar-refractivity contribution is 5.81. The molecule has 1 aliphatic heterocycles. The molecule has 10 heteroatoms. The third-order valence-electron chi connectivity index (χ3n) is 3.31. The van der Waals surface area contributed by atoms with Gasteiger partial charge in [0.05, 0.1) is 34.1 Å². The molecule has 0 fully saturated rings. The fourth-order valence-electron chi connectivity index (χ4n) is 2.36. The van der Waals surface area contributed by atoms with Gasteiger partial charge in [0.1, 0.15) is 6.54 Å². The Balaban J connectivity index is 0.000000660. The first-order chi connectivity index (χ1) is 11.9. The molecule has 0 aromatic rings. The Morgan fingerprint density at radius 2 is 1.81 bits per heavy atom. The van der Waals surface area contributed by atoms with E-state index in [4.69, 9.17) is 20.1 Å². The van der Waals surface area contributed by atoms with Crippen molar-refractivity contribution >= 4 is 23.7 Å². The largest absolute Gasteiger partial charge is 0.480 e. The van der Waals surface area contributed by atoms with Crippen LogP contribution in [0.3, 0.4) is 0 Å². The fraction of sp³-hybridized carbons (Fsp3) is 0.625. The number of hydrogen-bond acceptors (Lipinski definition) is 5. The molecule has 0 saturated carbocycles. The fourth-order valence-corrected chi connectivity index (χ4v) is 2.36. The third-order valence-corrected chi connectivity index (χ3v) is 3.31. The monoisotopic (exact) mass is 375 g/mol. The number of aliphatic carboxylic acids is 3. The SMILES string of the molecule is C=CCC1=NCC[N+]1(COCC(=O)O)CC(=O)O.C[N+](C)(C)CC(=O)O. The van der Waals surface area contributed by atoms with E-state index in [1.165, 1.54) is 0 Å². The summed E-state index contributed by atoms with van der Waals surface area (Å²) in [5.74, 6) is -2.12. The number of ether oxygens (including phenoxy) is 1. The van der Waals surface area contributed by atoms with Crippen molar-refractivity contribution in [3.63, 3.8) is 0 Å². The van der Waals surface area contributed by atoms with E-state index >= 15 is 0 Å². The lowest BCUT2D eigenvalue weighted by Crippen LogP contribution is -2.55. The summed E-state index contributed by atoms with van der Waals surface area (Å²) in [5.41, 5.74) is 0. The van der Waals surface area contributed by atoms with Crippen molar-refractivity contribution < 1.29 is 43.4 Å². The Morgan fingerprint density at radius 3 is 2.19 bits per heavy atom. The predicted molar refractivity (Wildman–Crippen MR) is 93.7 cm³/mol. The van der Waals surface area contributed by atoms with Crippen LogP contribution in [-0.2, 0) is 19.1 Å². The number of carboxylic acids is 3. The molecule has 1 rings (SSSR count). The maximum Gasteiger partial charge on any atom is 0.359 e. The minimum atomic E-state index is -1.08. The number of likely N-dealkylation sites (N-methyl/N-ethyl adjacent to an activating group) is 1. The van der Waals surface area contributed by atoms with Gasteiger partial charge in [-0.05, 0) is 0 Å². The maximum absolute atomic E-state index is 10.9. The van der Waals surface area contributed by atoms with Gasteiger partial charge in [0.2, 0.25) is 5.84 Å². The first-order valence-electron chi connectivity index (χ1n) is 7.96. The summed E-state index contributed by atoms with van der Waals surface area (Å²) in [6.45, 7) is 4.22. The van der Waals surface area contributed by atoms with E-state index in [1.807, 2.05) is 21.1 Å². The van der Waals surface area contributed by atoms with Crippen LogP contribution >= 0.6 is 0 Å². The molecule has 26 heavy (non-hydrogen) atoms. The highest BCUT2D eigenvalue weighted by atomic mass is 16.5. The van der Waals surface area contributed by atoms with Crippen LogP contribution in [0, 0.1) is 0 Å². The van der Waals surface area contributed by atoms with Crippen molar-refractivity contribution in [3.05, 3.63) is 12.7 Å². The van der Waals surface area contributed by atoms with Crippen LogP contribution < -0.4 is 0 Å². The molecule has 10 nitrogen and oxygen atoms in total. The van der Waals surface area contributed by atoms with Gasteiger partial charge < -0.3 is 24.5 Å². The Bertz CT molecular complexity index is 555. The smallest absolute Gasteiger partial charge is 0.359 e. The molecule has 0 aliphatic carbocycles. The molecule has 148 valence electrons. The highest BCUT2D eigenvalue weighted by Gasteiger charge is 2.40. The number of hydrogen-bond donors (Lipinski definition) is 3. The quantitative estimate of drug-likeness (QED) is 0.353. The molecule has 3 N–H and O–H groups in total. The second kappa shape index (κ2) is 10.6. The number of amidine groups is 1. The normalized spacial score (nSPS) is 19.1. The average Bonchev–Trinajstić information content (AvgIpc) is 2.78. The van der Waals surface area contributed by atoms with Crippen molar-refractivity contribution in [2.45, 2.75) is 6.42 Å². The molecule has 0 amide bonds. The van der Waals surface area contributed by atoms with E-state index in [0.29, 0.717) is 29.8 Å². The maximum atomic E-state index is 10.9. The van der Waals surface area contributed by atoms with Crippen molar-refractivity contribution in [2.24, 2.45) is 4.99 Å². The van der Waals surface area contributed by atoms with Crippen molar-refractivity contribution in [2.75, 3.05) is 60.7 Å². The molecular formula is C16H29N3O7+2. The molecule has 0 aromatic carbocycles. The van der Waals surface area contributed by atoms with Gasteiger partial charge in [0.25, 0.3) is 0 Å². The van der Waals surface area contributed by atoms with Crippen LogP contribution in [0.4, 0.5) is 0 Å². The number of carbonyl (C=O) groups is 3. The summed E-state index contributed by atoms with van der Waals surface area (Å²) in [4.78, 5) is 35.6. The zero-order chi connectivity index (χ0) is 20.4. The second-order valence-electron chi connectivity index (χ2n) is 6.92. The molecule has 0 aromatic heterocycles. The summed E-state index contributed by atoms with van der Waals surface area (Å²) in [7, 11) is 5.52. The topological polar surface area (TPSA) is 133 Å². The van der Waals surface area contributed by atoms with Crippen molar-refractivity contribution in [3.8, 4) is 0 Å². The number of carboxylic acid groups (broad SMARTS) is 3. The van der Waals surface area contributed by atoms with Crippen LogP contribution in [0.5, 0.6) is 0 Å². The van der Waals surface area contributed by atoms with Gasteiger partial charge in [-0.25, -0.2) is 23.9 Å². The molecule has 0 saturated heterocycles. The lowest BCUT2D eigenvalue weighted by atomic mass is 10.3. The van der Waals surface area contributed by atoms with E-state index < -0.39 is 24.5 Å². The van der Waals surface area contributed by atoms with Gasteiger partial charge in [0, 0.05) is 0 Å². The van der Waals surface area contributed by atoms with E-state index in [1.54, 1.807) is 6.08 Å². The van der Waals surface area contributed by atoms with Crippen LogP contribution in [0.2, 0.25) is 0 Å². The lowest BCUT2D eigenvalue weighted by Gasteiger charge is -2.32. The van der Waals surface area contributed by atoms with Crippen molar-refractivity contribution in [1.82, 2.24) is 0 Å². The molecule has 1 unspecified atom stereocenters. The van der Waals surface area contributed by atoms with Gasteiger partial charge in [-0.1, -0.05) is 6.08 Å². The van der Waals surface area contributed by atoms with E-state index in [9.17, 15) is 14.4 Å². The summed E-state index contributed by atoms with van der Waals surface area (Å²) in [6, 6.07) is 0. The zero-order valence-electron chi connectivity index (χ0n) is 15.6. The minimum Gasteiger partial charge on any atom is -0.480 e. The van der Waals surface area contributed by atoms with Gasteiger partial charge >= 0.3 is 17.9 Å². The Hall–Kier alpha value is -2.30. The first-order valence-corrected chi connectivity index (χ1v) is 7.96.